The number of carboxylic acids is 1. The minimum absolute atomic E-state index is 0.0505. The Bertz CT molecular complexity index is 563. The van der Waals surface area contributed by atoms with Crippen LogP contribution in [0.4, 0.5) is 0 Å². The van der Waals surface area contributed by atoms with Crippen LogP contribution in [-0.4, -0.2) is 52.7 Å². The Morgan fingerprint density at radius 2 is 2.29 bits per heavy atom. The number of rotatable bonds is 5. The second-order valence-electron chi connectivity index (χ2n) is 4.38. The third-order valence-corrected chi connectivity index (χ3v) is 5.27. The first-order valence-electron chi connectivity index (χ1n) is 6.08. The molecule has 114 valence electrons. The summed E-state index contributed by atoms with van der Waals surface area (Å²) < 4.78 is 0.690. The summed E-state index contributed by atoms with van der Waals surface area (Å²) >= 11 is 8.63. The van der Waals surface area contributed by atoms with E-state index in [0.717, 1.165) is 9.78 Å². The number of carboxylic acid groups (broad SMARTS) is 1. The van der Waals surface area contributed by atoms with Gasteiger partial charge >= 0.3 is 5.97 Å². The van der Waals surface area contributed by atoms with Gasteiger partial charge in [-0.05, 0) is 12.1 Å². The van der Waals surface area contributed by atoms with Crippen molar-refractivity contribution in [1.82, 2.24) is 10.2 Å². The molecule has 1 aromatic heterocycles. The molecular formula is C12H13ClN2O4S2. The van der Waals surface area contributed by atoms with Gasteiger partial charge in [0.05, 0.1) is 10.1 Å². The number of carbonyl (C=O) groups is 3. The van der Waals surface area contributed by atoms with Crippen molar-refractivity contribution in [2.75, 3.05) is 18.8 Å². The molecule has 2 heterocycles. The summed E-state index contributed by atoms with van der Waals surface area (Å²) in [6, 6.07) is 2.69. The zero-order valence-electron chi connectivity index (χ0n) is 10.9. The average Bonchev–Trinajstić information content (AvgIpc) is 2.84. The van der Waals surface area contributed by atoms with Gasteiger partial charge in [-0.2, -0.15) is 0 Å². The molecule has 1 unspecified atom stereocenters. The monoisotopic (exact) mass is 348 g/mol. The van der Waals surface area contributed by atoms with Crippen LogP contribution in [0.2, 0.25) is 4.34 Å². The Hall–Kier alpha value is -1.25. The second-order valence-corrected chi connectivity index (χ2v) is 7.16. The fourth-order valence-electron chi connectivity index (χ4n) is 1.88. The molecule has 1 fully saturated rings. The number of carbonyl (C=O) groups excluding carboxylic acids is 2. The van der Waals surface area contributed by atoms with Crippen molar-refractivity contribution in [2.45, 2.75) is 11.8 Å². The van der Waals surface area contributed by atoms with Crippen molar-refractivity contribution in [3.8, 4) is 0 Å². The number of amides is 2. The zero-order chi connectivity index (χ0) is 15.4. The molecule has 9 heteroatoms. The van der Waals surface area contributed by atoms with Crippen LogP contribution < -0.4 is 5.32 Å². The van der Waals surface area contributed by atoms with Crippen LogP contribution in [0.3, 0.4) is 0 Å². The van der Waals surface area contributed by atoms with Crippen molar-refractivity contribution < 1.29 is 19.5 Å². The molecule has 1 aromatic rings. The van der Waals surface area contributed by atoms with Gasteiger partial charge in [-0.3, -0.25) is 9.59 Å². The first-order chi connectivity index (χ1) is 9.97. The van der Waals surface area contributed by atoms with E-state index in [2.05, 4.69) is 5.32 Å². The van der Waals surface area contributed by atoms with Gasteiger partial charge in [-0.1, -0.05) is 11.6 Å². The maximum absolute atomic E-state index is 12.1. The first kappa shape index (κ1) is 16.1. The molecular weight excluding hydrogens is 336 g/mol. The molecule has 0 spiro atoms. The van der Waals surface area contributed by atoms with E-state index < -0.39 is 12.0 Å². The first-order valence-corrected chi connectivity index (χ1v) is 8.43. The lowest BCUT2D eigenvalue weighted by Crippen LogP contribution is -2.59. The molecule has 1 aliphatic rings. The SMILES string of the molecule is O=C1CN(C(=O)CSCc2ccc(Cl)s2)C(C(=O)O)CN1. The number of hydrogen-bond acceptors (Lipinski definition) is 5. The van der Waals surface area contributed by atoms with Crippen molar-refractivity contribution in [3.05, 3.63) is 21.3 Å². The lowest BCUT2D eigenvalue weighted by Gasteiger charge is -2.32. The molecule has 2 amide bonds. The number of nitrogens with one attached hydrogen (secondary N) is 1. The Labute approximate surface area is 134 Å². The van der Waals surface area contributed by atoms with Crippen molar-refractivity contribution in [2.24, 2.45) is 0 Å². The Kier molecular flexibility index (Phi) is 5.49. The van der Waals surface area contributed by atoms with Crippen LogP contribution in [0.15, 0.2) is 12.1 Å². The minimum atomic E-state index is -1.11. The molecule has 1 saturated heterocycles. The van der Waals surface area contributed by atoms with Crippen molar-refractivity contribution in [3.63, 3.8) is 0 Å². The van der Waals surface area contributed by atoms with Gasteiger partial charge < -0.3 is 15.3 Å². The molecule has 0 aliphatic carbocycles. The highest BCUT2D eigenvalue weighted by Crippen LogP contribution is 2.25. The number of thiophene rings is 1. The molecule has 21 heavy (non-hydrogen) atoms. The molecule has 1 aliphatic heterocycles. The highest BCUT2D eigenvalue weighted by molar-refractivity contribution is 7.99. The van der Waals surface area contributed by atoms with Crippen LogP contribution in [0, 0.1) is 0 Å². The number of piperazine rings is 1. The van der Waals surface area contributed by atoms with Crippen LogP contribution >= 0.6 is 34.7 Å². The Morgan fingerprint density at radius 3 is 2.90 bits per heavy atom. The summed E-state index contributed by atoms with van der Waals surface area (Å²) in [5.41, 5.74) is 0. The van der Waals surface area contributed by atoms with Gasteiger partial charge in [0.1, 0.15) is 12.6 Å². The van der Waals surface area contributed by atoms with Gasteiger partial charge in [-0.25, -0.2) is 4.79 Å². The van der Waals surface area contributed by atoms with Crippen LogP contribution in [0.1, 0.15) is 4.88 Å². The molecule has 6 nitrogen and oxygen atoms in total. The number of hydrogen-bond donors (Lipinski definition) is 2. The van der Waals surface area contributed by atoms with Crippen LogP contribution in [0.25, 0.3) is 0 Å². The fourth-order valence-corrected chi connectivity index (χ4v) is 3.98. The molecule has 0 saturated carbocycles. The van der Waals surface area contributed by atoms with E-state index in [1.54, 1.807) is 6.07 Å². The summed E-state index contributed by atoms with van der Waals surface area (Å²) in [5, 5.41) is 11.5. The maximum atomic E-state index is 12.1. The Balaban J connectivity index is 1.88. The highest BCUT2D eigenvalue weighted by Gasteiger charge is 2.34. The predicted octanol–water partition coefficient (Wildman–Crippen LogP) is 1.05. The largest absolute Gasteiger partial charge is 0.480 e. The number of aliphatic carboxylic acids is 1. The molecule has 2 rings (SSSR count). The van der Waals surface area contributed by atoms with E-state index in [9.17, 15) is 14.4 Å². The third kappa shape index (κ3) is 4.36. The minimum Gasteiger partial charge on any atom is -0.480 e. The smallest absolute Gasteiger partial charge is 0.328 e. The fraction of sp³-hybridized carbons (Fsp3) is 0.417. The highest BCUT2D eigenvalue weighted by atomic mass is 35.5. The molecule has 1 atom stereocenters. The van der Waals surface area contributed by atoms with Gasteiger partial charge in [0, 0.05) is 17.2 Å². The number of nitrogens with zero attached hydrogens (tertiary/aromatic N) is 1. The normalized spacial score (nSPS) is 18.4. The van der Waals surface area contributed by atoms with Gasteiger partial charge in [0.15, 0.2) is 0 Å². The van der Waals surface area contributed by atoms with Crippen LogP contribution in [0.5, 0.6) is 0 Å². The predicted molar refractivity (Wildman–Crippen MR) is 81.6 cm³/mol. The summed E-state index contributed by atoms with van der Waals surface area (Å²) in [5.74, 6) is -1.04. The van der Waals surface area contributed by atoms with Gasteiger partial charge in [0.25, 0.3) is 0 Å². The standard InChI is InChI=1S/C12H13ClN2O4S2/c13-9-2-1-7(21-9)5-20-6-11(17)15-4-10(16)14-3-8(15)12(18)19/h1-2,8H,3-6H2,(H,14,16)(H,18,19). The Morgan fingerprint density at radius 1 is 1.52 bits per heavy atom. The van der Waals surface area contributed by atoms with E-state index in [0.29, 0.717) is 10.1 Å². The summed E-state index contributed by atoms with van der Waals surface area (Å²) in [7, 11) is 0. The lowest BCUT2D eigenvalue weighted by molar-refractivity contribution is -0.152. The zero-order valence-corrected chi connectivity index (χ0v) is 13.3. The average molecular weight is 349 g/mol. The molecule has 0 radical (unpaired) electrons. The van der Waals surface area contributed by atoms with E-state index in [1.807, 2.05) is 6.07 Å². The summed E-state index contributed by atoms with van der Waals surface area (Å²) in [4.78, 5) is 36.7. The number of halogens is 1. The number of thioether (sulfide) groups is 1. The van der Waals surface area contributed by atoms with E-state index in [4.69, 9.17) is 16.7 Å². The topological polar surface area (TPSA) is 86.7 Å². The van der Waals surface area contributed by atoms with E-state index in [-0.39, 0.29) is 30.7 Å². The van der Waals surface area contributed by atoms with E-state index >= 15 is 0 Å². The third-order valence-electron chi connectivity index (χ3n) is 2.89. The summed E-state index contributed by atoms with van der Waals surface area (Å²) in [6.07, 6.45) is 0. The van der Waals surface area contributed by atoms with Gasteiger partial charge in [-0.15, -0.1) is 23.1 Å². The molecule has 2 N–H and O–H groups in total. The van der Waals surface area contributed by atoms with E-state index in [1.165, 1.54) is 23.1 Å². The van der Waals surface area contributed by atoms with Gasteiger partial charge in [0.2, 0.25) is 11.8 Å². The molecule has 0 aromatic carbocycles. The van der Waals surface area contributed by atoms with Crippen molar-refractivity contribution >= 4 is 52.5 Å². The maximum Gasteiger partial charge on any atom is 0.328 e. The summed E-state index contributed by atoms with van der Waals surface area (Å²) in [6.45, 7) is -0.258. The quantitative estimate of drug-likeness (QED) is 0.830. The van der Waals surface area contributed by atoms with Crippen molar-refractivity contribution in [1.29, 1.82) is 0 Å². The second kappa shape index (κ2) is 7.15. The lowest BCUT2D eigenvalue weighted by atomic mass is 10.2. The van der Waals surface area contributed by atoms with Crippen LogP contribution in [-0.2, 0) is 20.1 Å². The molecule has 0 bridgehead atoms.